The Labute approximate surface area is 98.6 Å². The molecule has 4 heteroatoms. The van der Waals surface area contributed by atoms with Crippen LogP contribution in [0.3, 0.4) is 0 Å². The Balaban J connectivity index is 2.15. The molecule has 0 aliphatic rings. The summed E-state index contributed by atoms with van der Waals surface area (Å²) in [5.41, 5.74) is 7.81. The van der Waals surface area contributed by atoms with Gasteiger partial charge in [0, 0.05) is 10.7 Å². The van der Waals surface area contributed by atoms with Crippen LogP contribution >= 0.6 is 11.6 Å². The molecule has 0 saturated carbocycles. The normalized spacial score (nSPS) is 10.8. The molecule has 0 aliphatic carbocycles. The van der Waals surface area contributed by atoms with Gasteiger partial charge in [0.1, 0.15) is 0 Å². The summed E-state index contributed by atoms with van der Waals surface area (Å²) in [7, 11) is 0. The van der Waals surface area contributed by atoms with Crippen LogP contribution in [-0.2, 0) is 0 Å². The lowest BCUT2D eigenvalue weighted by Crippen LogP contribution is -1.80. The molecule has 0 amide bonds. The summed E-state index contributed by atoms with van der Waals surface area (Å²) in [6, 6.07) is 14.4. The van der Waals surface area contributed by atoms with E-state index >= 15 is 0 Å². The van der Waals surface area contributed by atoms with Gasteiger partial charge in [-0.1, -0.05) is 11.6 Å². The lowest BCUT2D eigenvalue weighted by atomic mass is 10.3. The van der Waals surface area contributed by atoms with Crippen molar-refractivity contribution in [1.82, 2.24) is 0 Å². The summed E-state index contributed by atoms with van der Waals surface area (Å²) in [4.78, 5) is 0. The first-order valence-electron chi connectivity index (χ1n) is 4.77. The van der Waals surface area contributed by atoms with Crippen LogP contribution in [0.4, 0.5) is 17.1 Å². The fourth-order valence-electron chi connectivity index (χ4n) is 1.16. The number of halogens is 1. The second-order valence-electron chi connectivity index (χ2n) is 3.27. The van der Waals surface area contributed by atoms with Gasteiger partial charge in [-0.3, -0.25) is 0 Å². The molecule has 0 heterocycles. The maximum Gasteiger partial charge on any atom is 0.0858 e. The molecule has 2 rings (SSSR count). The second-order valence-corrected chi connectivity index (χ2v) is 3.70. The van der Waals surface area contributed by atoms with Gasteiger partial charge >= 0.3 is 0 Å². The topological polar surface area (TPSA) is 50.7 Å². The fourth-order valence-corrected chi connectivity index (χ4v) is 1.29. The number of nitrogens with zero attached hydrogens (tertiary/aromatic N) is 2. The van der Waals surface area contributed by atoms with Gasteiger partial charge in [-0.05, 0) is 48.5 Å². The molecular formula is C12H10ClN3. The first kappa shape index (κ1) is 10.6. The molecule has 0 saturated heterocycles. The molecule has 0 spiro atoms. The second kappa shape index (κ2) is 4.77. The molecule has 3 nitrogen and oxygen atoms in total. The van der Waals surface area contributed by atoms with E-state index in [2.05, 4.69) is 10.2 Å². The van der Waals surface area contributed by atoms with E-state index in [1.54, 1.807) is 24.3 Å². The molecule has 0 fully saturated rings. The minimum absolute atomic E-state index is 0.687. The number of anilines is 1. The van der Waals surface area contributed by atoms with Crippen molar-refractivity contribution in [2.75, 3.05) is 5.73 Å². The summed E-state index contributed by atoms with van der Waals surface area (Å²) in [5, 5.41) is 8.83. The Morgan fingerprint density at radius 2 is 1.19 bits per heavy atom. The van der Waals surface area contributed by atoms with Crippen LogP contribution in [-0.4, -0.2) is 0 Å². The maximum atomic E-state index is 5.76. The van der Waals surface area contributed by atoms with Gasteiger partial charge in [0.05, 0.1) is 11.4 Å². The van der Waals surface area contributed by atoms with Gasteiger partial charge in [0.2, 0.25) is 0 Å². The number of benzene rings is 2. The number of azo groups is 1. The molecule has 0 bridgehead atoms. The molecule has 16 heavy (non-hydrogen) atoms. The third kappa shape index (κ3) is 2.81. The molecular weight excluding hydrogens is 222 g/mol. The SMILES string of the molecule is Nc1ccc(/N=N/c2ccc(Cl)cc2)cc1. The van der Waals surface area contributed by atoms with Gasteiger partial charge < -0.3 is 5.73 Å². The van der Waals surface area contributed by atoms with Crippen molar-refractivity contribution in [3.63, 3.8) is 0 Å². The predicted molar refractivity (Wildman–Crippen MR) is 66.5 cm³/mol. The lowest BCUT2D eigenvalue weighted by Gasteiger charge is -1.94. The zero-order valence-corrected chi connectivity index (χ0v) is 9.22. The molecule has 0 atom stereocenters. The van der Waals surface area contributed by atoms with Crippen LogP contribution < -0.4 is 5.73 Å². The summed E-state index contributed by atoms with van der Waals surface area (Å²) < 4.78 is 0. The maximum absolute atomic E-state index is 5.76. The van der Waals surface area contributed by atoms with E-state index in [4.69, 9.17) is 17.3 Å². The van der Waals surface area contributed by atoms with Gasteiger partial charge in [0.15, 0.2) is 0 Å². The summed E-state index contributed by atoms with van der Waals surface area (Å²) in [6.07, 6.45) is 0. The molecule has 0 radical (unpaired) electrons. The average Bonchev–Trinajstić information content (AvgIpc) is 2.30. The smallest absolute Gasteiger partial charge is 0.0858 e. The average molecular weight is 232 g/mol. The van der Waals surface area contributed by atoms with Crippen LogP contribution in [0.5, 0.6) is 0 Å². The van der Waals surface area contributed by atoms with Crippen molar-refractivity contribution >= 4 is 28.7 Å². The highest BCUT2D eigenvalue weighted by atomic mass is 35.5. The van der Waals surface area contributed by atoms with Crippen LogP contribution in [0.1, 0.15) is 0 Å². The molecule has 2 N–H and O–H groups in total. The van der Waals surface area contributed by atoms with Crippen LogP contribution in [0.25, 0.3) is 0 Å². The highest BCUT2D eigenvalue weighted by Gasteiger charge is 1.91. The van der Waals surface area contributed by atoms with Crippen LogP contribution in [0.2, 0.25) is 5.02 Å². The number of hydrogen-bond acceptors (Lipinski definition) is 3. The Morgan fingerprint density at radius 1 is 0.750 bits per heavy atom. The quantitative estimate of drug-likeness (QED) is 0.607. The highest BCUT2D eigenvalue weighted by Crippen LogP contribution is 2.20. The molecule has 0 aliphatic heterocycles. The van der Waals surface area contributed by atoms with E-state index in [0.717, 1.165) is 11.4 Å². The van der Waals surface area contributed by atoms with E-state index < -0.39 is 0 Å². The van der Waals surface area contributed by atoms with Crippen molar-refractivity contribution in [3.05, 3.63) is 53.6 Å². The largest absolute Gasteiger partial charge is 0.399 e. The molecule has 80 valence electrons. The standard InChI is InChI=1S/C12H10ClN3/c13-9-1-5-11(6-2-9)15-16-12-7-3-10(14)4-8-12/h1-8H,14H2/b16-15+. The summed E-state index contributed by atoms with van der Waals surface area (Å²) in [5.74, 6) is 0. The van der Waals surface area contributed by atoms with E-state index in [1.165, 1.54) is 0 Å². The van der Waals surface area contributed by atoms with E-state index in [-0.39, 0.29) is 0 Å². The van der Waals surface area contributed by atoms with E-state index in [1.807, 2.05) is 24.3 Å². The summed E-state index contributed by atoms with van der Waals surface area (Å²) >= 11 is 5.76. The summed E-state index contributed by atoms with van der Waals surface area (Å²) in [6.45, 7) is 0. The zero-order valence-electron chi connectivity index (χ0n) is 8.47. The zero-order chi connectivity index (χ0) is 11.4. The third-order valence-electron chi connectivity index (χ3n) is 2.00. The number of hydrogen-bond donors (Lipinski definition) is 1. The van der Waals surface area contributed by atoms with Crippen molar-refractivity contribution in [3.8, 4) is 0 Å². The Kier molecular flexibility index (Phi) is 3.17. The monoisotopic (exact) mass is 231 g/mol. The van der Waals surface area contributed by atoms with Crippen LogP contribution in [0, 0.1) is 0 Å². The number of rotatable bonds is 2. The minimum Gasteiger partial charge on any atom is -0.399 e. The van der Waals surface area contributed by atoms with Crippen molar-refractivity contribution in [1.29, 1.82) is 0 Å². The fraction of sp³-hybridized carbons (Fsp3) is 0. The number of nitrogens with two attached hydrogens (primary N) is 1. The predicted octanol–water partition coefficient (Wildman–Crippen LogP) is 4.34. The van der Waals surface area contributed by atoms with Crippen molar-refractivity contribution < 1.29 is 0 Å². The van der Waals surface area contributed by atoms with Gasteiger partial charge in [0.25, 0.3) is 0 Å². The minimum atomic E-state index is 0.687. The van der Waals surface area contributed by atoms with Gasteiger partial charge in [-0.25, -0.2) is 0 Å². The molecule has 0 unspecified atom stereocenters. The van der Waals surface area contributed by atoms with Gasteiger partial charge in [-0.2, -0.15) is 10.2 Å². The third-order valence-corrected chi connectivity index (χ3v) is 2.25. The molecule has 2 aromatic rings. The number of nitrogen functional groups attached to an aromatic ring is 1. The Morgan fingerprint density at radius 3 is 1.69 bits per heavy atom. The first-order chi connectivity index (χ1) is 7.74. The van der Waals surface area contributed by atoms with Crippen molar-refractivity contribution in [2.24, 2.45) is 10.2 Å². The van der Waals surface area contributed by atoms with Crippen molar-refractivity contribution in [2.45, 2.75) is 0 Å². The van der Waals surface area contributed by atoms with E-state index in [0.29, 0.717) is 10.7 Å². The highest BCUT2D eigenvalue weighted by molar-refractivity contribution is 6.30. The Hall–Kier alpha value is -1.87. The lowest BCUT2D eigenvalue weighted by molar-refractivity contribution is 1.23. The van der Waals surface area contributed by atoms with E-state index in [9.17, 15) is 0 Å². The molecule has 2 aromatic carbocycles. The first-order valence-corrected chi connectivity index (χ1v) is 5.15. The van der Waals surface area contributed by atoms with Crippen LogP contribution in [0.15, 0.2) is 58.8 Å². The van der Waals surface area contributed by atoms with Gasteiger partial charge in [-0.15, -0.1) is 0 Å². The molecule has 0 aromatic heterocycles. The Bertz CT molecular complexity index is 441.